The number of hydrogen-bond donors (Lipinski definition) is 0. The number of rotatable bonds is 32. The van der Waals surface area contributed by atoms with Gasteiger partial charge in [0.05, 0.1) is 26.2 Å². The summed E-state index contributed by atoms with van der Waals surface area (Å²) >= 11 is 0. The summed E-state index contributed by atoms with van der Waals surface area (Å²) in [6.07, 6.45) is 23.9. The van der Waals surface area contributed by atoms with Crippen LogP contribution < -0.4 is 0 Å². The van der Waals surface area contributed by atoms with Crippen LogP contribution in [0.15, 0.2) is 93.2 Å². The smallest absolute Gasteiger partial charge is 0.320 e. The van der Waals surface area contributed by atoms with Gasteiger partial charge in [-0.2, -0.15) is 0 Å². The molecule has 344 valence electrons. The largest absolute Gasteiger partial charge is 0.460 e. The molecule has 0 fully saturated rings. The summed E-state index contributed by atoms with van der Waals surface area (Å²) in [7, 11) is 0. The Morgan fingerprint density at radius 2 is 0.557 bits per heavy atom. The zero-order valence-electron chi connectivity index (χ0n) is 40.2. The predicted octanol–water partition coefficient (Wildman–Crippen LogP) is 10.9. The first-order chi connectivity index (χ1) is 28.9. The molecule has 0 saturated heterocycles. The molecule has 0 spiro atoms. The van der Waals surface area contributed by atoms with Gasteiger partial charge >= 0.3 is 23.9 Å². The average molecular weight is 851 g/mol. The molecular weight excluding hydrogens is 769 g/mol. The van der Waals surface area contributed by atoms with Gasteiger partial charge < -0.3 is 18.9 Å². The molecule has 0 bridgehead atoms. The summed E-state index contributed by atoms with van der Waals surface area (Å²) in [6, 6.07) is 0. The van der Waals surface area contributed by atoms with Gasteiger partial charge in [0.25, 0.3) is 0 Å². The van der Waals surface area contributed by atoms with Gasteiger partial charge in [-0.3, -0.25) is 29.0 Å². The molecule has 0 N–H and O–H groups in total. The van der Waals surface area contributed by atoms with Gasteiger partial charge in [0.15, 0.2) is 0 Å². The van der Waals surface area contributed by atoms with Crippen LogP contribution in [0.3, 0.4) is 0 Å². The molecule has 0 aliphatic rings. The maximum atomic E-state index is 13.0. The lowest BCUT2D eigenvalue weighted by atomic mass is 10.1. The van der Waals surface area contributed by atoms with E-state index in [1.54, 1.807) is 9.80 Å². The minimum atomic E-state index is -0.464. The lowest BCUT2D eigenvalue weighted by Gasteiger charge is -2.24. The first-order valence-corrected chi connectivity index (χ1v) is 22.1. The second-order valence-corrected chi connectivity index (χ2v) is 17.0. The Morgan fingerprint density at radius 3 is 0.754 bits per heavy atom. The van der Waals surface area contributed by atoms with Gasteiger partial charge in [0.2, 0.25) is 0 Å². The normalized spacial score (nSPS) is 12.2. The third kappa shape index (κ3) is 37.2. The molecule has 0 aliphatic carbocycles. The highest BCUT2D eigenvalue weighted by Crippen LogP contribution is 2.10. The molecule has 0 aliphatic heterocycles. The fourth-order valence-corrected chi connectivity index (χ4v) is 5.73. The van der Waals surface area contributed by atoms with Crippen molar-refractivity contribution in [1.82, 2.24) is 9.80 Å². The Bertz CT molecular complexity index is 1350. The monoisotopic (exact) mass is 851 g/mol. The zero-order chi connectivity index (χ0) is 46.0. The molecule has 10 heteroatoms. The summed E-state index contributed by atoms with van der Waals surface area (Å²) in [5.74, 6) is -1.86. The fraction of sp³-hybridized carbons (Fsp3) is 0.608. The molecule has 0 saturated carbocycles. The molecule has 0 amide bonds. The van der Waals surface area contributed by atoms with E-state index in [-0.39, 0.29) is 52.6 Å². The van der Waals surface area contributed by atoms with Gasteiger partial charge in [0, 0.05) is 13.1 Å². The van der Waals surface area contributed by atoms with Crippen molar-refractivity contribution >= 4 is 23.9 Å². The highest BCUT2D eigenvalue weighted by Gasteiger charge is 2.20. The molecule has 0 aromatic heterocycles. The van der Waals surface area contributed by atoms with Crippen molar-refractivity contribution in [2.24, 2.45) is 0 Å². The molecule has 0 aromatic carbocycles. The first kappa shape index (κ1) is 56.7. The van der Waals surface area contributed by atoms with Gasteiger partial charge in [-0.15, -0.1) is 0 Å². The molecule has 0 unspecified atom stereocenters. The van der Waals surface area contributed by atoms with Gasteiger partial charge in [-0.05, 0) is 165 Å². The second kappa shape index (κ2) is 35.3. The number of hydrogen-bond acceptors (Lipinski definition) is 10. The van der Waals surface area contributed by atoms with E-state index in [0.29, 0.717) is 19.5 Å². The number of nitrogens with zero attached hydrogens (tertiary/aromatic N) is 2. The van der Waals surface area contributed by atoms with Crippen molar-refractivity contribution in [3.05, 3.63) is 93.2 Å². The van der Waals surface area contributed by atoms with E-state index in [1.807, 2.05) is 52.0 Å². The first-order valence-electron chi connectivity index (χ1n) is 22.1. The number of esters is 4. The Morgan fingerprint density at radius 1 is 0.344 bits per heavy atom. The number of ether oxygens (including phenoxy) is 4. The van der Waals surface area contributed by atoms with Crippen molar-refractivity contribution in [2.75, 3.05) is 65.7 Å². The zero-order valence-corrected chi connectivity index (χ0v) is 40.2. The Labute approximate surface area is 370 Å². The van der Waals surface area contributed by atoms with E-state index in [4.69, 9.17) is 18.9 Å². The number of allylic oxidation sites excluding steroid dienone is 12. The molecule has 0 radical (unpaired) electrons. The van der Waals surface area contributed by atoms with Crippen LogP contribution in [0.2, 0.25) is 0 Å². The maximum absolute atomic E-state index is 13.0. The third-order valence-corrected chi connectivity index (χ3v) is 9.43. The average Bonchev–Trinajstić information content (AvgIpc) is 3.14. The number of carbonyl (C=O) groups excluding carboxylic acids is 4. The van der Waals surface area contributed by atoms with Crippen molar-refractivity contribution in [3.8, 4) is 0 Å². The van der Waals surface area contributed by atoms with Crippen LogP contribution in [-0.2, 0) is 38.1 Å². The summed E-state index contributed by atoms with van der Waals surface area (Å²) in [6.45, 7) is 25.3. The topological polar surface area (TPSA) is 112 Å². The van der Waals surface area contributed by atoms with E-state index in [9.17, 15) is 19.2 Å². The summed E-state index contributed by atoms with van der Waals surface area (Å²) < 4.78 is 22.2. The van der Waals surface area contributed by atoms with E-state index in [0.717, 1.165) is 73.7 Å². The Balaban J connectivity index is 5.80. The van der Waals surface area contributed by atoms with Crippen molar-refractivity contribution in [2.45, 2.75) is 141 Å². The van der Waals surface area contributed by atoms with Crippen molar-refractivity contribution < 1.29 is 38.1 Å². The van der Waals surface area contributed by atoms with Gasteiger partial charge in [-0.1, -0.05) is 68.9 Å². The quantitative estimate of drug-likeness (QED) is 0.0368. The van der Waals surface area contributed by atoms with Crippen LogP contribution in [-0.4, -0.2) is 99.4 Å². The van der Waals surface area contributed by atoms with Crippen LogP contribution in [0.25, 0.3) is 0 Å². The highest BCUT2D eigenvalue weighted by molar-refractivity contribution is 5.76. The molecule has 0 heterocycles. The lowest BCUT2D eigenvalue weighted by molar-refractivity contribution is -0.148. The molecule has 0 rings (SSSR count). The van der Waals surface area contributed by atoms with E-state index < -0.39 is 23.9 Å². The molecule has 10 nitrogen and oxygen atoms in total. The van der Waals surface area contributed by atoms with Crippen LogP contribution in [0, 0.1) is 0 Å². The van der Waals surface area contributed by atoms with Crippen molar-refractivity contribution in [3.63, 3.8) is 0 Å². The van der Waals surface area contributed by atoms with E-state index in [2.05, 4.69) is 79.7 Å². The SMILES string of the molecule is CC(C)=CCCC(C)=CCOC(=O)CN(CCCN(CC(=O)OCC=C(C)CCC=C(C)C)CC(=O)OCC=C(C)CCC=C(C)C)CC(=O)OCC=C(C)CCC=C(C)C. The van der Waals surface area contributed by atoms with Crippen molar-refractivity contribution in [1.29, 1.82) is 0 Å². The van der Waals surface area contributed by atoms with Crippen LogP contribution >= 0.6 is 0 Å². The third-order valence-electron chi connectivity index (χ3n) is 9.43. The fourth-order valence-electron chi connectivity index (χ4n) is 5.73. The summed E-state index contributed by atoms with van der Waals surface area (Å²) in [4.78, 5) is 55.4. The molecule has 61 heavy (non-hydrogen) atoms. The molecule has 0 aromatic rings. The van der Waals surface area contributed by atoms with E-state index >= 15 is 0 Å². The predicted molar refractivity (Wildman–Crippen MR) is 251 cm³/mol. The standard InChI is InChI=1S/C51H82N2O8/c1-40(2)18-13-22-44(9)26-32-58-48(54)36-52(37-49(55)59-33-27-45(10)23-14-19-41(3)4)30-17-31-53(38-50(56)60-34-28-46(11)24-15-20-42(5)6)39-51(57)61-35-29-47(12)25-16-21-43(7)8/h18-21,26-29H,13-17,22-25,30-39H2,1-12H3. The second-order valence-electron chi connectivity index (χ2n) is 17.0. The van der Waals surface area contributed by atoms with Gasteiger partial charge in [0.1, 0.15) is 26.4 Å². The Hall–Kier alpha value is -4.28. The van der Waals surface area contributed by atoms with Crippen LogP contribution in [0.5, 0.6) is 0 Å². The molecular formula is C51H82N2O8. The minimum Gasteiger partial charge on any atom is -0.460 e. The summed E-state index contributed by atoms with van der Waals surface area (Å²) in [5.41, 5.74) is 9.57. The number of carbonyl (C=O) groups is 4. The van der Waals surface area contributed by atoms with Gasteiger partial charge in [-0.25, -0.2) is 0 Å². The maximum Gasteiger partial charge on any atom is 0.320 e. The van der Waals surface area contributed by atoms with Crippen LogP contribution in [0.1, 0.15) is 141 Å². The minimum absolute atomic E-state index is 0.125. The lowest BCUT2D eigenvalue weighted by Crippen LogP contribution is -2.40. The van der Waals surface area contributed by atoms with Crippen LogP contribution in [0.4, 0.5) is 0 Å². The highest BCUT2D eigenvalue weighted by atomic mass is 16.5. The Kier molecular flexibility index (Phi) is 32.9. The summed E-state index contributed by atoms with van der Waals surface area (Å²) in [5, 5.41) is 0. The van der Waals surface area contributed by atoms with E-state index in [1.165, 1.54) is 22.3 Å². The molecule has 0 atom stereocenters.